The van der Waals surface area contributed by atoms with Crippen LogP contribution in [0.3, 0.4) is 0 Å². The average molecular weight is 316 g/mol. The second kappa shape index (κ2) is 5.41. The highest BCUT2D eigenvalue weighted by atomic mass is 79.9. The number of hydrogen-bond acceptors (Lipinski definition) is 2. The molecule has 1 aromatic rings. The van der Waals surface area contributed by atoms with Gasteiger partial charge in [-0.15, -0.1) is 11.3 Å². The van der Waals surface area contributed by atoms with Crippen molar-refractivity contribution < 1.29 is 0 Å². The van der Waals surface area contributed by atoms with Crippen molar-refractivity contribution in [2.24, 2.45) is 17.1 Å². The number of rotatable bonds is 3. The standard InChI is InChI=1S/C14H22BrNS/c1-14(2)7-4-3-5-10(14)12(16)9-13-11(15)6-8-17-13/h6,8,10,12H,3-5,7,9,16H2,1-2H3. The fourth-order valence-corrected chi connectivity index (χ4v) is 4.73. The molecule has 0 amide bonds. The van der Waals surface area contributed by atoms with Gasteiger partial charge in [0.15, 0.2) is 0 Å². The maximum atomic E-state index is 6.47. The van der Waals surface area contributed by atoms with Gasteiger partial charge < -0.3 is 5.73 Å². The van der Waals surface area contributed by atoms with Crippen LogP contribution >= 0.6 is 27.3 Å². The van der Waals surface area contributed by atoms with Gasteiger partial charge in [0.05, 0.1) is 0 Å². The molecule has 1 aromatic heterocycles. The molecule has 17 heavy (non-hydrogen) atoms. The lowest BCUT2D eigenvalue weighted by molar-refractivity contribution is 0.112. The van der Waals surface area contributed by atoms with E-state index in [9.17, 15) is 0 Å². The van der Waals surface area contributed by atoms with E-state index >= 15 is 0 Å². The summed E-state index contributed by atoms with van der Waals surface area (Å²) < 4.78 is 1.23. The Balaban J connectivity index is 2.04. The third kappa shape index (κ3) is 3.12. The van der Waals surface area contributed by atoms with Crippen LogP contribution in [0.5, 0.6) is 0 Å². The first-order chi connectivity index (χ1) is 8.00. The molecule has 0 aliphatic heterocycles. The molecule has 3 heteroatoms. The van der Waals surface area contributed by atoms with Crippen LogP contribution in [-0.4, -0.2) is 6.04 Å². The lowest BCUT2D eigenvalue weighted by Crippen LogP contribution is -2.42. The predicted octanol–water partition coefficient (Wildman–Crippen LogP) is 4.60. The van der Waals surface area contributed by atoms with Crippen LogP contribution in [0.15, 0.2) is 15.9 Å². The van der Waals surface area contributed by atoms with Crippen molar-refractivity contribution in [2.75, 3.05) is 0 Å². The summed E-state index contributed by atoms with van der Waals surface area (Å²) in [6.07, 6.45) is 6.38. The van der Waals surface area contributed by atoms with Crippen molar-refractivity contribution in [3.8, 4) is 0 Å². The number of thiophene rings is 1. The molecule has 0 saturated heterocycles. The maximum Gasteiger partial charge on any atom is 0.0314 e. The maximum absolute atomic E-state index is 6.47. The average Bonchev–Trinajstić information content (AvgIpc) is 2.63. The summed E-state index contributed by atoms with van der Waals surface area (Å²) in [6.45, 7) is 4.78. The van der Waals surface area contributed by atoms with Crippen molar-refractivity contribution in [3.63, 3.8) is 0 Å². The first-order valence-corrected chi connectivity index (χ1v) is 8.15. The first kappa shape index (κ1) is 13.6. The summed E-state index contributed by atoms with van der Waals surface area (Å²) in [5, 5.41) is 2.14. The minimum absolute atomic E-state index is 0.306. The number of nitrogens with two attached hydrogens (primary N) is 1. The Kier molecular flexibility index (Phi) is 4.32. The van der Waals surface area contributed by atoms with E-state index in [1.807, 2.05) is 11.3 Å². The fraction of sp³-hybridized carbons (Fsp3) is 0.714. The minimum Gasteiger partial charge on any atom is -0.327 e. The largest absolute Gasteiger partial charge is 0.327 e. The molecule has 2 unspecified atom stereocenters. The lowest BCUT2D eigenvalue weighted by atomic mass is 9.65. The van der Waals surface area contributed by atoms with Gasteiger partial charge in [-0.2, -0.15) is 0 Å². The molecule has 1 heterocycles. The molecule has 2 atom stereocenters. The van der Waals surface area contributed by atoms with Crippen LogP contribution in [0.25, 0.3) is 0 Å². The second-order valence-electron chi connectivity index (χ2n) is 5.90. The van der Waals surface area contributed by atoms with Gasteiger partial charge in [-0.05, 0) is 58.0 Å². The van der Waals surface area contributed by atoms with E-state index in [0.29, 0.717) is 17.4 Å². The Morgan fingerprint density at radius 1 is 1.53 bits per heavy atom. The highest BCUT2D eigenvalue weighted by Gasteiger charge is 2.36. The molecule has 2 N–H and O–H groups in total. The molecule has 0 spiro atoms. The molecule has 2 rings (SSSR count). The SMILES string of the molecule is CC1(C)CCCCC1C(N)Cc1sccc1Br. The summed E-state index contributed by atoms with van der Waals surface area (Å²) in [5.74, 6) is 0.672. The van der Waals surface area contributed by atoms with E-state index in [4.69, 9.17) is 5.73 Å². The van der Waals surface area contributed by atoms with Crippen LogP contribution < -0.4 is 5.73 Å². The van der Waals surface area contributed by atoms with Crippen molar-refractivity contribution in [3.05, 3.63) is 20.8 Å². The normalized spacial score (nSPS) is 25.8. The van der Waals surface area contributed by atoms with Gasteiger partial charge >= 0.3 is 0 Å². The molecule has 0 aromatic carbocycles. The first-order valence-electron chi connectivity index (χ1n) is 6.48. The van der Waals surface area contributed by atoms with E-state index in [0.717, 1.165) is 6.42 Å². The van der Waals surface area contributed by atoms with Gasteiger partial charge in [-0.25, -0.2) is 0 Å². The second-order valence-corrected chi connectivity index (χ2v) is 7.76. The van der Waals surface area contributed by atoms with E-state index in [-0.39, 0.29) is 0 Å². The topological polar surface area (TPSA) is 26.0 Å². The van der Waals surface area contributed by atoms with Crippen LogP contribution in [-0.2, 0) is 6.42 Å². The summed E-state index contributed by atoms with van der Waals surface area (Å²) >= 11 is 5.42. The van der Waals surface area contributed by atoms with Crippen LogP contribution in [0.4, 0.5) is 0 Å². The number of hydrogen-bond donors (Lipinski definition) is 1. The molecule has 1 saturated carbocycles. The smallest absolute Gasteiger partial charge is 0.0314 e. The third-order valence-electron chi connectivity index (χ3n) is 4.22. The van der Waals surface area contributed by atoms with Crippen molar-refractivity contribution >= 4 is 27.3 Å². The fourth-order valence-electron chi connectivity index (χ4n) is 3.14. The van der Waals surface area contributed by atoms with Crippen LogP contribution in [0.1, 0.15) is 44.4 Å². The molecule has 1 fully saturated rings. The summed E-state index contributed by atoms with van der Waals surface area (Å²) in [6, 6.07) is 2.43. The molecule has 96 valence electrons. The zero-order valence-electron chi connectivity index (χ0n) is 10.7. The summed E-state index contributed by atoms with van der Waals surface area (Å²) in [5.41, 5.74) is 6.89. The van der Waals surface area contributed by atoms with E-state index in [1.165, 1.54) is 35.0 Å². The monoisotopic (exact) mass is 315 g/mol. The Bertz CT molecular complexity index is 372. The number of halogens is 1. The quantitative estimate of drug-likeness (QED) is 0.867. The van der Waals surface area contributed by atoms with E-state index < -0.39 is 0 Å². The van der Waals surface area contributed by atoms with E-state index in [2.05, 4.69) is 41.2 Å². The molecule has 0 bridgehead atoms. The molecular formula is C14H22BrNS. The lowest BCUT2D eigenvalue weighted by Gasteiger charge is -2.42. The van der Waals surface area contributed by atoms with Gasteiger partial charge in [0.2, 0.25) is 0 Å². The van der Waals surface area contributed by atoms with Gasteiger partial charge in [0.1, 0.15) is 0 Å². The van der Waals surface area contributed by atoms with Crippen LogP contribution in [0.2, 0.25) is 0 Å². The molecular weight excluding hydrogens is 294 g/mol. The molecule has 1 aliphatic rings. The van der Waals surface area contributed by atoms with E-state index in [1.54, 1.807) is 0 Å². The summed E-state index contributed by atoms with van der Waals surface area (Å²) in [7, 11) is 0. The zero-order valence-corrected chi connectivity index (χ0v) is 13.1. The Morgan fingerprint density at radius 3 is 2.88 bits per heavy atom. The molecule has 0 radical (unpaired) electrons. The van der Waals surface area contributed by atoms with Crippen molar-refractivity contribution in [1.82, 2.24) is 0 Å². The van der Waals surface area contributed by atoms with Crippen LogP contribution in [0, 0.1) is 11.3 Å². The zero-order chi connectivity index (χ0) is 12.5. The van der Waals surface area contributed by atoms with Gasteiger partial charge in [-0.3, -0.25) is 0 Å². The van der Waals surface area contributed by atoms with Gasteiger partial charge in [-0.1, -0.05) is 26.7 Å². The Morgan fingerprint density at radius 2 is 2.29 bits per heavy atom. The predicted molar refractivity (Wildman–Crippen MR) is 79.4 cm³/mol. The highest BCUT2D eigenvalue weighted by molar-refractivity contribution is 9.10. The van der Waals surface area contributed by atoms with Gasteiger partial charge in [0.25, 0.3) is 0 Å². The minimum atomic E-state index is 0.306. The Labute approximate surface area is 117 Å². The van der Waals surface area contributed by atoms with Crippen molar-refractivity contribution in [1.29, 1.82) is 0 Å². The van der Waals surface area contributed by atoms with Gasteiger partial charge in [0, 0.05) is 15.4 Å². The van der Waals surface area contributed by atoms with Crippen molar-refractivity contribution in [2.45, 2.75) is 52.0 Å². The Hall–Kier alpha value is 0.140. The molecule has 1 aliphatic carbocycles. The highest BCUT2D eigenvalue weighted by Crippen LogP contribution is 2.42. The summed E-state index contributed by atoms with van der Waals surface area (Å²) in [4.78, 5) is 1.40. The third-order valence-corrected chi connectivity index (χ3v) is 6.17. The molecule has 1 nitrogen and oxygen atoms in total.